The molecule has 1 aliphatic rings. The molecule has 0 atom stereocenters. The minimum atomic E-state index is -0.533. The van der Waals surface area contributed by atoms with Gasteiger partial charge in [0.05, 0.1) is 16.7 Å². The molecular formula is C15H17Cl2NO3. The molecule has 4 nitrogen and oxygen atoms in total. The molecule has 1 aromatic rings. The zero-order valence-electron chi connectivity index (χ0n) is 11.8. The Labute approximate surface area is 134 Å². The summed E-state index contributed by atoms with van der Waals surface area (Å²) in [6.45, 7) is 2.00. The largest absolute Gasteiger partial charge is 0.461 e. The average molecular weight is 330 g/mol. The number of oxime groups is 1. The first-order valence-electron chi connectivity index (χ1n) is 6.98. The van der Waals surface area contributed by atoms with E-state index in [4.69, 9.17) is 32.8 Å². The van der Waals surface area contributed by atoms with Crippen LogP contribution in [0.4, 0.5) is 0 Å². The van der Waals surface area contributed by atoms with Crippen LogP contribution in [0.3, 0.4) is 0 Å². The molecule has 2 rings (SSSR count). The zero-order valence-corrected chi connectivity index (χ0v) is 13.3. The first-order valence-corrected chi connectivity index (χ1v) is 7.73. The van der Waals surface area contributed by atoms with Crippen molar-refractivity contribution < 1.29 is 14.4 Å². The Kier molecular flexibility index (Phi) is 5.88. The molecule has 0 radical (unpaired) electrons. The summed E-state index contributed by atoms with van der Waals surface area (Å²) in [5, 5.41) is 4.78. The van der Waals surface area contributed by atoms with Gasteiger partial charge in [0.15, 0.2) is 5.71 Å². The highest BCUT2D eigenvalue weighted by atomic mass is 35.5. The molecule has 0 unspecified atom stereocenters. The van der Waals surface area contributed by atoms with Crippen molar-refractivity contribution in [3.8, 4) is 0 Å². The summed E-state index contributed by atoms with van der Waals surface area (Å²) < 4.78 is 5.02. The Bertz CT molecular complexity index is 540. The van der Waals surface area contributed by atoms with Crippen molar-refractivity contribution in [2.75, 3.05) is 6.61 Å². The smallest absolute Gasteiger partial charge is 0.361 e. The molecule has 0 amide bonds. The predicted octanol–water partition coefficient (Wildman–Crippen LogP) is 4.22. The number of esters is 1. The maximum atomic E-state index is 12.0. The highest BCUT2D eigenvalue weighted by molar-refractivity contribution is 6.45. The van der Waals surface area contributed by atoms with E-state index in [-0.39, 0.29) is 18.4 Å². The number of nitrogens with zero attached hydrogens (tertiary/aromatic N) is 1. The number of hydrogen-bond donors (Lipinski definition) is 0. The lowest BCUT2D eigenvalue weighted by Gasteiger charge is -2.10. The van der Waals surface area contributed by atoms with Gasteiger partial charge in [-0.3, -0.25) is 0 Å². The minimum absolute atomic E-state index is 0.0669. The highest BCUT2D eigenvalue weighted by Gasteiger charge is 2.21. The van der Waals surface area contributed by atoms with E-state index in [1.54, 1.807) is 25.1 Å². The van der Waals surface area contributed by atoms with Crippen molar-refractivity contribution in [3.05, 3.63) is 33.8 Å². The van der Waals surface area contributed by atoms with Gasteiger partial charge in [-0.1, -0.05) is 34.4 Å². The first kappa shape index (κ1) is 16.1. The normalized spacial score (nSPS) is 16.0. The second-order valence-corrected chi connectivity index (χ2v) is 5.62. The molecule has 0 heterocycles. The summed E-state index contributed by atoms with van der Waals surface area (Å²) in [4.78, 5) is 17.5. The van der Waals surface area contributed by atoms with E-state index < -0.39 is 5.97 Å². The van der Waals surface area contributed by atoms with Crippen molar-refractivity contribution in [1.82, 2.24) is 0 Å². The van der Waals surface area contributed by atoms with Gasteiger partial charge in [0.25, 0.3) is 0 Å². The van der Waals surface area contributed by atoms with E-state index in [1.165, 1.54) is 0 Å². The molecule has 1 aliphatic carbocycles. The molecule has 114 valence electrons. The third kappa shape index (κ3) is 4.35. The van der Waals surface area contributed by atoms with Crippen LogP contribution < -0.4 is 0 Å². The summed E-state index contributed by atoms with van der Waals surface area (Å²) in [6.07, 6.45) is 4.24. The summed E-state index contributed by atoms with van der Waals surface area (Å²) in [5.74, 6) is -0.533. The lowest BCUT2D eigenvalue weighted by Crippen LogP contribution is -2.20. The summed E-state index contributed by atoms with van der Waals surface area (Å²) >= 11 is 11.9. The lowest BCUT2D eigenvalue weighted by atomic mass is 10.1. The van der Waals surface area contributed by atoms with Crippen LogP contribution in [-0.4, -0.2) is 24.4 Å². The van der Waals surface area contributed by atoms with Crippen molar-refractivity contribution in [2.24, 2.45) is 5.16 Å². The van der Waals surface area contributed by atoms with Crippen LogP contribution in [0.25, 0.3) is 0 Å². The number of hydrogen-bond acceptors (Lipinski definition) is 4. The van der Waals surface area contributed by atoms with E-state index in [9.17, 15) is 4.79 Å². The maximum Gasteiger partial charge on any atom is 0.361 e. The Balaban J connectivity index is 2.23. The first-order chi connectivity index (χ1) is 10.1. The van der Waals surface area contributed by atoms with Gasteiger partial charge in [0.2, 0.25) is 0 Å². The minimum Gasteiger partial charge on any atom is -0.461 e. The van der Waals surface area contributed by atoms with Crippen LogP contribution in [-0.2, 0) is 14.4 Å². The second kappa shape index (κ2) is 7.66. The fourth-order valence-electron chi connectivity index (χ4n) is 2.17. The van der Waals surface area contributed by atoms with E-state index in [2.05, 4.69) is 5.16 Å². The van der Waals surface area contributed by atoms with Crippen molar-refractivity contribution in [2.45, 2.75) is 38.7 Å². The third-order valence-corrected chi connectivity index (χ3v) is 4.00. The van der Waals surface area contributed by atoms with Gasteiger partial charge < -0.3 is 9.57 Å². The van der Waals surface area contributed by atoms with Gasteiger partial charge in [-0.25, -0.2) is 4.79 Å². The molecule has 1 aromatic carbocycles. The summed E-state index contributed by atoms with van der Waals surface area (Å²) in [6, 6.07) is 4.86. The lowest BCUT2D eigenvalue weighted by molar-refractivity contribution is -0.135. The van der Waals surface area contributed by atoms with Crippen LogP contribution in [0.5, 0.6) is 0 Å². The third-order valence-electron chi connectivity index (χ3n) is 3.26. The topological polar surface area (TPSA) is 47.9 Å². The second-order valence-electron chi connectivity index (χ2n) is 4.80. The van der Waals surface area contributed by atoms with Crippen molar-refractivity contribution in [3.63, 3.8) is 0 Å². The number of carbonyl (C=O) groups excluding carboxylic acids is 1. The van der Waals surface area contributed by atoms with Crippen molar-refractivity contribution in [1.29, 1.82) is 0 Å². The number of rotatable bonds is 5. The highest BCUT2D eigenvalue weighted by Crippen LogP contribution is 2.24. The molecule has 0 aliphatic heterocycles. The van der Waals surface area contributed by atoms with Crippen LogP contribution >= 0.6 is 23.2 Å². The Morgan fingerprint density at radius 1 is 1.29 bits per heavy atom. The molecule has 1 saturated carbocycles. The van der Waals surface area contributed by atoms with Gasteiger partial charge in [0, 0.05) is 5.56 Å². The molecule has 0 aromatic heterocycles. The van der Waals surface area contributed by atoms with Crippen LogP contribution in [0.1, 0.15) is 38.2 Å². The molecule has 6 heteroatoms. The van der Waals surface area contributed by atoms with Crippen LogP contribution in [0.2, 0.25) is 10.0 Å². The predicted molar refractivity (Wildman–Crippen MR) is 83.0 cm³/mol. The standard InChI is InChI=1S/C15H17Cl2NO3/c1-2-20-15(19)14(18-21-11-5-3-4-6-11)10-7-8-12(16)13(17)9-10/h7-9,11H,2-6H2,1H3/b18-14-. The fraction of sp³-hybridized carbons (Fsp3) is 0.467. The number of benzene rings is 1. The van der Waals surface area contributed by atoms with Gasteiger partial charge in [-0.2, -0.15) is 0 Å². The van der Waals surface area contributed by atoms with E-state index in [0.717, 1.165) is 25.7 Å². The maximum absolute atomic E-state index is 12.0. The Morgan fingerprint density at radius 3 is 2.62 bits per heavy atom. The Morgan fingerprint density at radius 2 is 2.00 bits per heavy atom. The van der Waals surface area contributed by atoms with E-state index >= 15 is 0 Å². The van der Waals surface area contributed by atoms with Crippen LogP contribution in [0.15, 0.2) is 23.4 Å². The summed E-state index contributed by atoms with van der Waals surface area (Å²) in [7, 11) is 0. The average Bonchev–Trinajstić information content (AvgIpc) is 2.96. The molecule has 0 saturated heterocycles. The zero-order chi connectivity index (χ0) is 15.2. The van der Waals surface area contributed by atoms with Gasteiger partial charge in [-0.05, 0) is 44.7 Å². The van der Waals surface area contributed by atoms with Gasteiger partial charge >= 0.3 is 5.97 Å². The van der Waals surface area contributed by atoms with Gasteiger partial charge in [-0.15, -0.1) is 0 Å². The monoisotopic (exact) mass is 329 g/mol. The summed E-state index contributed by atoms with van der Waals surface area (Å²) in [5.41, 5.74) is 0.642. The molecule has 0 bridgehead atoms. The molecular weight excluding hydrogens is 313 g/mol. The quantitative estimate of drug-likeness (QED) is 0.461. The van der Waals surface area contributed by atoms with Gasteiger partial charge in [0.1, 0.15) is 6.10 Å². The number of carbonyl (C=O) groups is 1. The van der Waals surface area contributed by atoms with E-state index in [1.807, 2.05) is 0 Å². The molecule has 1 fully saturated rings. The Hall–Kier alpha value is -1.26. The molecule has 0 N–H and O–H groups in total. The van der Waals surface area contributed by atoms with Crippen molar-refractivity contribution >= 4 is 34.9 Å². The van der Waals surface area contributed by atoms with Crippen LogP contribution in [0, 0.1) is 0 Å². The molecule has 21 heavy (non-hydrogen) atoms. The fourth-order valence-corrected chi connectivity index (χ4v) is 2.47. The molecule has 0 spiro atoms. The number of ether oxygens (including phenoxy) is 1. The number of halogens is 2. The SMILES string of the molecule is CCOC(=O)/C(=N\OC1CCCC1)c1ccc(Cl)c(Cl)c1. The van der Waals surface area contributed by atoms with E-state index in [0.29, 0.717) is 15.6 Å².